The molecule has 0 fully saturated rings. The smallest absolute Gasteiger partial charge is 0.306 e. The maximum absolute atomic E-state index is 10.7. The molecular formula is C15H30O2. The molecule has 0 aromatic rings. The summed E-state index contributed by atoms with van der Waals surface area (Å²) in [6, 6.07) is 0. The molecule has 2 heteroatoms. The van der Waals surface area contributed by atoms with E-state index in [2.05, 4.69) is 13.8 Å². The topological polar surface area (TPSA) is 37.3 Å². The van der Waals surface area contributed by atoms with Crippen molar-refractivity contribution in [1.29, 1.82) is 0 Å². The average molecular weight is 242 g/mol. The molecule has 0 saturated carbocycles. The first-order chi connectivity index (χ1) is 8.07. The second-order valence-corrected chi connectivity index (χ2v) is 5.49. The van der Waals surface area contributed by atoms with Gasteiger partial charge in [-0.2, -0.15) is 0 Å². The third-order valence-corrected chi connectivity index (χ3v) is 3.48. The molecule has 2 unspecified atom stereocenters. The van der Waals surface area contributed by atoms with Gasteiger partial charge in [-0.25, -0.2) is 0 Å². The van der Waals surface area contributed by atoms with Gasteiger partial charge in [-0.15, -0.1) is 0 Å². The highest BCUT2D eigenvalue weighted by Crippen LogP contribution is 2.19. The third-order valence-electron chi connectivity index (χ3n) is 3.48. The number of aliphatic carboxylic acids is 1. The first-order valence-electron chi connectivity index (χ1n) is 7.30. The molecule has 0 aromatic carbocycles. The van der Waals surface area contributed by atoms with E-state index >= 15 is 0 Å². The van der Waals surface area contributed by atoms with Crippen molar-refractivity contribution >= 4 is 5.97 Å². The second kappa shape index (κ2) is 10.6. The van der Waals surface area contributed by atoms with Crippen LogP contribution in [0.3, 0.4) is 0 Å². The Bertz CT molecular complexity index is 189. The maximum Gasteiger partial charge on any atom is 0.306 e. The van der Waals surface area contributed by atoms with Gasteiger partial charge in [0.15, 0.2) is 0 Å². The highest BCUT2D eigenvalue weighted by Gasteiger charge is 2.14. The van der Waals surface area contributed by atoms with Gasteiger partial charge in [0.25, 0.3) is 0 Å². The average Bonchev–Trinajstić information content (AvgIpc) is 2.27. The fourth-order valence-corrected chi connectivity index (χ4v) is 2.27. The Morgan fingerprint density at radius 2 is 1.53 bits per heavy atom. The van der Waals surface area contributed by atoms with Crippen molar-refractivity contribution in [2.24, 2.45) is 11.8 Å². The van der Waals surface area contributed by atoms with E-state index in [-0.39, 0.29) is 5.92 Å². The van der Waals surface area contributed by atoms with Crippen LogP contribution in [0.4, 0.5) is 0 Å². The maximum atomic E-state index is 10.7. The number of carboxylic acid groups (broad SMARTS) is 1. The summed E-state index contributed by atoms with van der Waals surface area (Å²) in [5.41, 5.74) is 0. The minimum atomic E-state index is -0.656. The van der Waals surface area contributed by atoms with E-state index in [1.807, 2.05) is 6.92 Å². The molecule has 2 nitrogen and oxygen atoms in total. The normalized spacial score (nSPS) is 14.5. The highest BCUT2D eigenvalue weighted by atomic mass is 16.4. The van der Waals surface area contributed by atoms with Crippen LogP contribution in [0.1, 0.15) is 78.6 Å². The zero-order valence-electron chi connectivity index (χ0n) is 11.9. The van der Waals surface area contributed by atoms with E-state index in [4.69, 9.17) is 5.11 Å². The molecule has 0 aliphatic heterocycles. The lowest BCUT2D eigenvalue weighted by Crippen LogP contribution is -2.13. The lowest BCUT2D eigenvalue weighted by Gasteiger charge is -2.13. The minimum Gasteiger partial charge on any atom is -0.481 e. The van der Waals surface area contributed by atoms with Crippen molar-refractivity contribution in [1.82, 2.24) is 0 Å². The van der Waals surface area contributed by atoms with Gasteiger partial charge in [0, 0.05) is 0 Å². The molecule has 0 radical (unpaired) electrons. The predicted molar refractivity (Wildman–Crippen MR) is 73.2 cm³/mol. The molecule has 0 aliphatic rings. The summed E-state index contributed by atoms with van der Waals surface area (Å²) in [4.78, 5) is 10.7. The van der Waals surface area contributed by atoms with Crippen LogP contribution >= 0.6 is 0 Å². The Balaban J connectivity index is 3.33. The van der Waals surface area contributed by atoms with E-state index in [0.717, 1.165) is 6.42 Å². The van der Waals surface area contributed by atoms with Gasteiger partial charge in [-0.05, 0) is 12.3 Å². The Morgan fingerprint density at radius 3 is 2.06 bits per heavy atom. The van der Waals surface area contributed by atoms with Gasteiger partial charge in [0.2, 0.25) is 0 Å². The number of hydrogen-bond donors (Lipinski definition) is 1. The fraction of sp³-hybridized carbons (Fsp3) is 0.933. The molecule has 0 rings (SSSR count). The van der Waals surface area contributed by atoms with E-state index in [1.54, 1.807) is 0 Å². The number of rotatable bonds is 11. The molecule has 17 heavy (non-hydrogen) atoms. The Labute approximate surface area is 107 Å². The van der Waals surface area contributed by atoms with Crippen LogP contribution in [0.25, 0.3) is 0 Å². The summed E-state index contributed by atoms with van der Waals surface area (Å²) in [7, 11) is 0. The summed E-state index contributed by atoms with van der Waals surface area (Å²) in [6.45, 7) is 6.23. The molecule has 0 spiro atoms. The largest absolute Gasteiger partial charge is 0.481 e. The quantitative estimate of drug-likeness (QED) is 0.525. The number of hydrogen-bond acceptors (Lipinski definition) is 1. The summed E-state index contributed by atoms with van der Waals surface area (Å²) >= 11 is 0. The molecule has 1 N–H and O–H groups in total. The van der Waals surface area contributed by atoms with Crippen LogP contribution in [0, 0.1) is 11.8 Å². The first-order valence-corrected chi connectivity index (χ1v) is 7.30. The summed E-state index contributed by atoms with van der Waals surface area (Å²) < 4.78 is 0. The molecule has 0 saturated heterocycles. The van der Waals surface area contributed by atoms with E-state index in [0.29, 0.717) is 5.92 Å². The van der Waals surface area contributed by atoms with Crippen LogP contribution in [0.15, 0.2) is 0 Å². The number of carboxylic acids is 1. The summed E-state index contributed by atoms with van der Waals surface area (Å²) in [5, 5.41) is 8.82. The Morgan fingerprint density at radius 1 is 1.00 bits per heavy atom. The molecule has 0 aromatic heterocycles. The van der Waals surface area contributed by atoms with E-state index in [9.17, 15) is 4.79 Å². The molecule has 0 amide bonds. The van der Waals surface area contributed by atoms with Gasteiger partial charge in [-0.1, -0.05) is 72.1 Å². The Hall–Kier alpha value is -0.530. The summed E-state index contributed by atoms with van der Waals surface area (Å²) in [6.07, 6.45) is 11.4. The lowest BCUT2D eigenvalue weighted by molar-refractivity contribution is -0.141. The van der Waals surface area contributed by atoms with Gasteiger partial charge < -0.3 is 5.11 Å². The molecular weight excluding hydrogens is 212 g/mol. The van der Waals surface area contributed by atoms with Crippen LogP contribution in [-0.4, -0.2) is 11.1 Å². The monoisotopic (exact) mass is 242 g/mol. The SMILES string of the molecule is CCCCCCCCCC(C)CC(C)C(=O)O. The zero-order chi connectivity index (χ0) is 13.1. The molecule has 0 bridgehead atoms. The molecule has 0 aliphatic carbocycles. The van der Waals surface area contributed by atoms with Crippen LogP contribution in [0.2, 0.25) is 0 Å². The van der Waals surface area contributed by atoms with Gasteiger partial charge in [0.1, 0.15) is 0 Å². The zero-order valence-corrected chi connectivity index (χ0v) is 11.9. The van der Waals surface area contributed by atoms with Crippen molar-refractivity contribution in [3.63, 3.8) is 0 Å². The van der Waals surface area contributed by atoms with Crippen molar-refractivity contribution in [2.45, 2.75) is 78.6 Å². The predicted octanol–water partition coefficient (Wildman–Crippen LogP) is 4.87. The second-order valence-electron chi connectivity index (χ2n) is 5.49. The highest BCUT2D eigenvalue weighted by molar-refractivity contribution is 5.69. The van der Waals surface area contributed by atoms with Crippen molar-refractivity contribution in [2.75, 3.05) is 0 Å². The van der Waals surface area contributed by atoms with Crippen molar-refractivity contribution in [3.05, 3.63) is 0 Å². The van der Waals surface area contributed by atoms with E-state index in [1.165, 1.54) is 51.4 Å². The van der Waals surface area contributed by atoms with Crippen molar-refractivity contribution in [3.8, 4) is 0 Å². The number of carbonyl (C=O) groups is 1. The van der Waals surface area contributed by atoms with Crippen LogP contribution in [-0.2, 0) is 4.79 Å². The van der Waals surface area contributed by atoms with Crippen LogP contribution < -0.4 is 0 Å². The van der Waals surface area contributed by atoms with Gasteiger partial charge >= 0.3 is 5.97 Å². The molecule has 0 heterocycles. The van der Waals surface area contributed by atoms with E-state index < -0.39 is 5.97 Å². The van der Waals surface area contributed by atoms with Crippen molar-refractivity contribution < 1.29 is 9.90 Å². The Kier molecular flexibility index (Phi) is 10.3. The molecule has 102 valence electrons. The minimum absolute atomic E-state index is 0.186. The van der Waals surface area contributed by atoms with Gasteiger partial charge in [0.05, 0.1) is 5.92 Å². The summed E-state index contributed by atoms with van der Waals surface area (Å²) in [5.74, 6) is -0.289. The third kappa shape index (κ3) is 10.3. The van der Waals surface area contributed by atoms with Gasteiger partial charge in [-0.3, -0.25) is 4.79 Å². The molecule has 2 atom stereocenters. The number of unbranched alkanes of at least 4 members (excludes halogenated alkanes) is 6. The first kappa shape index (κ1) is 16.5. The van der Waals surface area contributed by atoms with Crippen LogP contribution in [0.5, 0.6) is 0 Å². The standard InChI is InChI=1S/C15H30O2/c1-4-5-6-7-8-9-10-11-13(2)12-14(3)15(16)17/h13-14H,4-12H2,1-3H3,(H,16,17). The fourth-order valence-electron chi connectivity index (χ4n) is 2.27. The lowest BCUT2D eigenvalue weighted by atomic mass is 9.92.